The molecule has 3 heterocycles. The van der Waals surface area contributed by atoms with Gasteiger partial charge >= 0.3 is 17.1 Å². The summed E-state index contributed by atoms with van der Waals surface area (Å²) in [7, 11) is 0. The summed E-state index contributed by atoms with van der Waals surface area (Å²) in [5, 5.41) is 13.5. The third-order valence-corrected chi connectivity index (χ3v) is 8.64. The molecule has 0 unspecified atom stereocenters. The number of aryl methyl sites for hydroxylation is 1. The van der Waals surface area contributed by atoms with E-state index in [-0.39, 0.29) is 22.8 Å². The number of hydrogen-bond acceptors (Lipinski definition) is 6. The minimum absolute atomic E-state index is 0. The molecule has 0 amide bonds. The van der Waals surface area contributed by atoms with Crippen LogP contribution in [0.5, 0.6) is 5.75 Å². The quantitative estimate of drug-likeness (QED) is 0.113. The number of anilines is 1. The van der Waals surface area contributed by atoms with Crippen LogP contribution in [0.3, 0.4) is 0 Å². The van der Waals surface area contributed by atoms with Gasteiger partial charge in [-0.25, -0.2) is 4.98 Å². The van der Waals surface area contributed by atoms with Crippen molar-refractivity contribution >= 4 is 28.6 Å². The Kier molecular flexibility index (Phi) is 13.6. The fraction of sp³-hybridized carbons (Fsp3) is 0.282. The van der Waals surface area contributed by atoms with Crippen molar-refractivity contribution in [2.75, 3.05) is 57.7 Å². The Balaban J connectivity index is 0.000000662. The van der Waals surface area contributed by atoms with Gasteiger partial charge in [-0.1, -0.05) is 24.3 Å². The molecule has 3 fully saturated rings. The minimum atomic E-state index is 0. The molecule has 8 heteroatoms. The smallest absolute Gasteiger partial charge is 0.507 e. The summed E-state index contributed by atoms with van der Waals surface area (Å²) in [6, 6.07) is 15.7. The van der Waals surface area contributed by atoms with E-state index in [1.165, 1.54) is 17.0 Å². The van der Waals surface area contributed by atoms with Crippen LogP contribution in [-0.2, 0) is 17.1 Å². The topological polar surface area (TPSA) is 68.4 Å². The van der Waals surface area contributed by atoms with Crippen molar-refractivity contribution in [3.8, 4) is 5.75 Å². The van der Waals surface area contributed by atoms with E-state index < -0.39 is 0 Å². The number of phenols is 1. The first-order chi connectivity index (χ1) is 22.7. The van der Waals surface area contributed by atoms with Gasteiger partial charge in [0.05, 0.1) is 16.6 Å². The molecule has 47 heavy (non-hydrogen) atoms. The second-order valence-corrected chi connectivity index (χ2v) is 11.9. The van der Waals surface area contributed by atoms with Crippen LogP contribution in [0.25, 0.3) is 16.6 Å². The zero-order valence-electron chi connectivity index (χ0n) is 27.1. The van der Waals surface area contributed by atoms with Crippen molar-refractivity contribution in [3.63, 3.8) is 0 Å². The molecule has 3 aliphatic rings. The monoisotopic (exact) mass is 668 g/mol. The van der Waals surface area contributed by atoms with Gasteiger partial charge in [0.15, 0.2) is 5.82 Å². The molecule has 2 aromatic carbocycles. The molecule has 242 valence electrons. The predicted octanol–water partition coefficient (Wildman–Crippen LogP) is 6.20. The number of piperazine rings is 1. The Hall–Kier alpha value is -2.90. The zero-order chi connectivity index (χ0) is 31.6. The standard InChI is InChI=1S/C34H39N6O.C5H5.Fe/c1-26-25-40-30-14-6-5-13-29(30)37-34(33(40)32(26)27-10-2-3-11-27)36-17-9-19-39-22-20-38(21-23-39)18-8-16-35-24-28-12-4-7-15-31(28)41;1-2-4-5-3-1;/h2-7,10-15,24-25,41H,8-9,16-23H2,1H3,(H,36,37);1-5H;/q;;+2. The Labute approximate surface area is 292 Å². The molecule has 10 radical (unpaired) electrons. The Morgan fingerprint density at radius 3 is 2.17 bits per heavy atom. The zero-order valence-corrected chi connectivity index (χ0v) is 28.2. The maximum atomic E-state index is 9.85. The molecule has 2 saturated carbocycles. The average Bonchev–Trinajstić information content (AvgIpc) is 3.88. The number of aliphatic imine (C=N–C) groups is 1. The minimum Gasteiger partial charge on any atom is -0.507 e. The molecule has 0 bridgehead atoms. The summed E-state index contributed by atoms with van der Waals surface area (Å²) in [6.45, 7) is 10.5. The van der Waals surface area contributed by atoms with Crippen molar-refractivity contribution in [3.05, 3.63) is 135 Å². The van der Waals surface area contributed by atoms with Crippen LogP contribution >= 0.6 is 0 Å². The van der Waals surface area contributed by atoms with Crippen LogP contribution in [0.1, 0.15) is 29.5 Å². The fourth-order valence-corrected chi connectivity index (χ4v) is 6.23. The van der Waals surface area contributed by atoms with E-state index in [0.717, 1.165) is 93.1 Å². The van der Waals surface area contributed by atoms with Gasteiger partial charge in [0.1, 0.15) is 5.75 Å². The van der Waals surface area contributed by atoms with Crippen LogP contribution in [0.2, 0.25) is 0 Å². The van der Waals surface area contributed by atoms with E-state index in [2.05, 4.69) is 87.6 Å². The summed E-state index contributed by atoms with van der Waals surface area (Å²) < 4.78 is 2.30. The summed E-state index contributed by atoms with van der Waals surface area (Å²) in [5.41, 5.74) is 6.60. The maximum absolute atomic E-state index is 9.85. The molecule has 4 aromatic rings. The van der Waals surface area contributed by atoms with Crippen molar-refractivity contribution < 1.29 is 22.2 Å². The normalized spacial score (nSPS) is 17.7. The molecule has 1 saturated heterocycles. The number of hydrogen-bond donors (Lipinski definition) is 2. The molecule has 1 aliphatic heterocycles. The van der Waals surface area contributed by atoms with Crippen LogP contribution in [0.4, 0.5) is 5.82 Å². The summed E-state index contributed by atoms with van der Waals surface area (Å²) in [4.78, 5) is 14.7. The van der Waals surface area contributed by atoms with E-state index in [0.29, 0.717) is 0 Å². The molecule has 2 aromatic heterocycles. The maximum Gasteiger partial charge on any atom is 2.00 e. The van der Waals surface area contributed by atoms with Crippen LogP contribution in [-0.4, -0.2) is 82.9 Å². The molecule has 0 atom stereocenters. The number of phenolic OH excluding ortho intramolecular Hbond substituents is 1. The third kappa shape index (κ3) is 9.38. The Morgan fingerprint density at radius 1 is 0.830 bits per heavy atom. The molecular weight excluding hydrogens is 624 g/mol. The van der Waals surface area contributed by atoms with Crippen LogP contribution in [0, 0.1) is 70.6 Å². The molecule has 7 rings (SSSR count). The number of aromatic hydroxyl groups is 1. The number of nitrogens with one attached hydrogen (secondary N) is 1. The van der Waals surface area contributed by atoms with Gasteiger partial charge < -0.3 is 24.6 Å². The number of nitrogens with zero attached hydrogens (tertiary/aromatic N) is 5. The number of para-hydroxylation sites is 3. The summed E-state index contributed by atoms with van der Waals surface area (Å²) in [5.74, 6) is 2.49. The van der Waals surface area contributed by atoms with E-state index in [4.69, 9.17) is 4.98 Å². The predicted molar refractivity (Wildman–Crippen MR) is 190 cm³/mol. The third-order valence-electron chi connectivity index (χ3n) is 8.64. The number of benzene rings is 2. The van der Waals surface area contributed by atoms with Gasteiger partial charge in [0, 0.05) is 63.2 Å². The second-order valence-electron chi connectivity index (χ2n) is 11.9. The van der Waals surface area contributed by atoms with E-state index in [9.17, 15) is 5.11 Å². The first kappa shape index (κ1) is 35.4. The second kappa shape index (κ2) is 18.0. The van der Waals surface area contributed by atoms with Crippen molar-refractivity contribution in [1.82, 2.24) is 19.2 Å². The molecule has 2 aliphatic carbocycles. The molecular formula is C39H44FeN6O+2. The number of aromatic nitrogens is 2. The number of fused-ring (bicyclic) bond motifs is 3. The largest absolute Gasteiger partial charge is 2.00 e. The van der Waals surface area contributed by atoms with Gasteiger partial charge in [-0.3, -0.25) is 4.99 Å². The van der Waals surface area contributed by atoms with Crippen LogP contribution in [0.15, 0.2) is 59.7 Å². The van der Waals surface area contributed by atoms with E-state index >= 15 is 0 Å². The summed E-state index contributed by atoms with van der Waals surface area (Å²) >= 11 is 0. The van der Waals surface area contributed by atoms with Gasteiger partial charge in [-0.05, 0) is 126 Å². The molecule has 7 nitrogen and oxygen atoms in total. The first-order valence-corrected chi connectivity index (χ1v) is 16.4. The Bertz CT molecular complexity index is 1560. The summed E-state index contributed by atoms with van der Waals surface area (Å²) in [6.07, 6.45) is 24.7. The SMILES string of the molecule is Cc1cn2c(c(NCCCN3CCN(CCCN=Cc4ccccc4O)CC3)nc3ccccc32)c1[C]1[CH][CH][CH][CH]1.[CH]1[CH][CH][CH][CH]1.[Fe+2]. The molecule has 2 N–H and O–H groups in total. The Morgan fingerprint density at radius 2 is 1.47 bits per heavy atom. The van der Waals surface area contributed by atoms with Crippen molar-refractivity contribution in [1.29, 1.82) is 0 Å². The van der Waals surface area contributed by atoms with Gasteiger partial charge in [0.25, 0.3) is 0 Å². The number of rotatable bonds is 11. The van der Waals surface area contributed by atoms with Crippen molar-refractivity contribution in [2.24, 2.45) is 4.99 Å². The van der Waals surface area contributed by atoms with Gasteiger partial charge in [-0.15, -0.1) is 0 Å². The van der Waals surface area contributed by atoms with Gasteiger partial charge in [0.2, 0.25) is 0 Å². The van der Waals surface area contributed by atoms with Crippen molar-refractivity contribution in [2.45, 2.75) is 19.8 Å². The van der Waals surface area contributed by atoms with E-state index in [1.54, 1.807) is 12.3 Å². The first-order valence-electron chi connectivity index (χ1n) is 16.4. The van der Waals surface area contributed by atoms with Gasteiger partial charge in [-0.2, -0.15) is 0 Å². The fourth-order valence-electron chi connectivity index (χ4n) is 6.23. The van der Waals surface area contributed by atoms with E-state index in [1.807, 2.05) is 50.3 Å². The average molecular weight is 669 g/mol. The molecule has 0 spiro atoms. The van der Waals surface area contributed by atoms with Crippen LogP contribution < -0.4 is 5.32 Å².